The van der Waals surface area contributed by atoms with E-state index >= 15 is 4.39 Å². The van der Waals surface area contributed by atoms with Gasteiger partial charge < -0.3 is 15.4 Å². The molecule has 0 amide bonds. The minimum atomic E-state index is -1.30. The highest BCUT2D eigenvalue weighted by molar-refractivity contribution is 6.59. The van der Waals surface area contributed by atoms with Gasteiger partial charge in [-0.3, -0.25) is 16.0 Å². The van der Waals surface area contributed by atoms with Gasteiger partial charge in [0.25, 0.3) is 0 Å². The van der Waals surface area contributed by atoms with Gasteiger partial charge in [0.2, 0.25) is 0 Å². The molecule has 8 unspecified atom stereocenters. The minimum absolute atomic E-state index is 0.0161. The first kappa shape index (κ1) is 24.8. The second-order valence-corrected chi connectivity index (χ2v) is 9.93. The molecule has 32 heavy (non-hydrogen) atoms. The standard InChI is InChI=1S/C21H34B4FN5O/c22-10-14-9-16(28-11-21(23,24)25)31-20(29-14)30-15-8-13-4-7-32-19(13)17(18(15)26)12-2-1-5-27-6-3-12/h3,13-20,27-31H,1-2,4-11H2. The van der Waals surface area contributed by atoms with Crippen LogP contribution in [0.3, 0.4) is 0 Å². The molecular weight excluding hydrogens is 401 g/mol. The molecule has 3 fully saturated rings. The van der Waals surface area contributed by atoms with Crippen molar-refractivity contribution in [2.24, 2.45) is 11.8 Å². The molecule has 5 N–H and O–H groups in total. The van der Waals surface area contributed by atoms with Crippen molar-refractivity contribution >= 4 is 31.4 Å². The molecule has 1 saturated carbocycles. The maximum absolute atomic E-state index is 16.1. The van der Waals surface area contributed by atoms with E-state index in [0.717, 1.165) is 51.8 Å². The first-order chi connectivity index (χ1) is 15.3. The van der Waals surface area contributed by atoms with Crippen molar-refractivity contribution in [1.29, 1.82) is 0 Å². The number of hydrogen-bond acceptors (Lipinski definition) is 6. The zero-order valence-electron chi connectivity index (χ0n) is 18.9. The third kappa shape index (κ3) is 6.22. The second kappa shape index (κ2) is 11.0. The largest absolute Gasteiger partial charge is 0.377 e. The Morgan fingerprint density at radius 3 is 2.84 bits per heavy atom. The van der Waals surface area contributed by atoms with Crippen LogP contribution in [-0.2, 0) is 4.74 Å². The molecule has 8 atom stereocenters. The molecule has 3 aliphatic heterocycles. The quantitative estimate of drug-likeness (QED) is 0.271. The Bertz CT molecular complexity index is 654. The fourth-order valence-corrected chi connectivity index (χ4v) is 5.72. The van der Waals surface area contributed by atoms with Gasteiger partial charge in [0.1, 0.15) is 12.5 Å². The molecule has 11 heteroatoms. The van der Waals surface area contributed by atoms with Gasteiger partial charge >= 0.3 is 0 Å². The summed E-state index contributed by atoms with van der Waals surface area (Å²) in [5, 5.41) is 15.8. The summed E-state index contributed by atoms with van der Waals surface area (Å²) in [6.07, 6.45) is 5.71. The number of hydrogen-bond donors (Lipinski definition) is 5. The Morgan fingerprint density at radius 2 is 2.06 bits per heavy atom. The summed E-state index contributed by atoms with van der Waals surface area (Å²) in [6.45, 7) is 2.74. The van der Waals surface area contributed by atoms with Crippen molar-refractivity contribution in [3.63, 3.8) is 0 Å². The lowest BCUT2D eigenvalue weighted by atomic mass is 9.43. The molecule has 1 aliphatic carbocycles. The minimum Gasteiger partial charge on any atom is -0.377 e. The highest BCUT2D eigenvalue weighted by atomic mass is 19.1. The molecule has 0 bridgehead atoms. The SMILES string of the molecule is [B]CC1CC(NCC([B])([B])[B])NC(NC2CC3CCOC3C(C3=CCNCCC3)C2F)N1. The van der Waals surface area contributed by atoms with E-state index < -0.39 is 11.3 Å². The van der Waals surface area contributed by atoms with E-state index in [1.54, 1.807) is 0 Å². The number of fused-ring (bicyclic) bond motifs is 1. The van der Waals surface area contributed by atoms with Gasteiger partial charge in [-0.2, -0.15) is 0 Å². The monoisotopic (exact) mass is 435 g/mol. The number of nitrogens with one attached hydrogen (secondary N) is 5. The van der Waals surface area contributed by atoms with Crippen LogP contribution in [-0.4, -0.2) is 94.4 Å². The van der Waals surface area contributed by atoms with Gasteiger partial charge in [0, 0.05) is 31.2 Å². The first-order valence-electron chi connectivity index (χ1n) is 12.1. The molecule has 0 aromatic rings. The lowest BCUT2D eigenvalue weighted by Gasteiger charge is -2.45. The van der Waals surface area contributed by atoms with Crippen molar-refractivity contribution < 1.29 is 9.13 Å². The number of halogens is 1. The lowest BCUT2D eigenvalue weighted by Crippen LogP contribution is -2.70. The van der Waals surface area contributed by atoms with Crippen molar-refractivity contribution in [1.82, 2.24) is 26.6 Å². The van der Waals surface area contributed by atoms with Crippen LogP contribution in [0.2, 0.25) is 11.4 Å². The summed E-state index contributed by atoms with van der Waals surface area (Å²) < 4.78 is 22.1. The van der Waals surface area contributed by atoms with Gasteiger partial charge in [-0.1, -0.05) is 18.0 Å². The van der Waals surface area contributed by atoms with Gasteiger partial charge in [-0.05, 0) is 51.1 Å². The molecule has 2 saturated heterocycles. The van der Waals surface area contributed by atoms with E-state index in [4.69, 9.17) is 36.1 Å². The van der Waals surface area contributed by atoms with Crippen LogP contribution in [0.25, 0.3) is 0 Å². The highest BCUT2D eigenvalue weighted by Crippen LogP contribution is 2.44. The van der Waals surface area contributed by atoms with E-state index in [0.29, 0.717) is 12.2 Å². The van der Waals surface area contributed by atoms with Crippen molar-refractivity contribution in [2.45, 2.75) is 80.4 Å². The van der Waals surface area contributed by atoms with E-state index in [-0.39, 0.29) is 43.1 Å². The maximum Gasteiger partial charge on any atom is 0.124 e. The molecular formula is C21H34B4FN5O. The van der Waals surface area contributed by atoms with Crippen LogP contribution < -0.4 is 26.6 Å². The molecule has 0 aromatic heterocycles. The fourth-order valence-electron chi connectivity index (χ4n) is 5.72. The van der Waals surface area contributed by atoms with E-state index in [1.165, 1.54) is 5.57 Å². The van der Waals surface area contributed by atoms with Gasteiger partial charge in [0.05, 0.1) is 43.7 Å². The van der Waals surface area contributed by atoms with E-state index in [2.05, 4.69) is 32.7 Å². The molecule has 168 valence electrons. The molecule has 3 heterocycles. The van der Waals surface area contributed by atoms with Crippen LogP contribution >= 0.6 is 0 Å². The summed E-state index contributed by atoms with van der Waals surface area (Å²) in [7, 11) is 23.1. The summed E-state index contributed by atoms with van der Waals surface area (Å²) >= 11 is 0. The molecule has 8 radical (unpaired) electrons. The van der Waals surface area contributed by atoms with Crippen LogP contribution in [0.1, 0.15) is 32.1 Å². The second-order valence-electron chi connectivity index (χ2n) is 9.93. The zero-order chi connectivity index (χ0) is 22.7. The Morgan fingerprint density at radius 1 is 1.22 bits per heavy atom. The molecule has 0 spiro atoms. The molecule has 4 rings (SSSR count). The van der Waals surface area contributed by atoms with Crippen molar-refractivity contribution in [3.05, 3.63) is 11.6 Å². The lowest BCUT2D eigenvalue weighted by molar-refractivity contribution is -0.0262. The van der Waals surface area contributed by atoms with Gasteiger partial charge in [0.15, 0.2) is 0 Å². The molecule has 0 aromatic carbocycles. The predicted octanol–water partition coefficient (Wildman–Crippen LogP) is -0.666. The summed E-state index contributed by atoms with van der Waals surface area (Å²) in [5.41, 5.74) is 1.21. The Labute approximate surface area is 197 Å². The summed E-state index contributed by atoms with van der Waals surface area (Å²) in [5.74, 6) is 0.181. The van der Waals surface area contributed by atoms with E-state index in [9.17, 15) is 0 Å². The number of ether oxygens (including phenoxy) is 1. The fraction of sp³-hybridized carbons (Fsp3) is 0.905. The van der Waals surface area contributed by atoms with Gasteiger partial charge in [-0.25, -0.2) is 4.39 Å². The smallest absolute Gasteiger partial charge is 0.124 e. The summed E-state index contributed by atoms with van der Waals surface area (Å²) in [6, 6.07) is -0.204. The topological polar surface area (TPSA) is 69.4 Å². The average Bonchev–Trinajstić information content (AvgIpc) is 3.04. The Balaban J connectivity index is 1.44. The number of rotatable bonds is 7. The third-order valence-corrected chi connectivity index (χ3v) is 7.27. The van der Waals surface area contributed by atoms with Crippen LogP contribution in [0, 0.1) is 11.8 Å². The normalized spacial score (nSPS) is 41.0. The summed E-state index contributed by atoms with van der Waals surface area (Å²) in [4.78, 5) is 0. The Hall–Kier alpha value is -0.310. The first-order valence-corrected chi connectivity index (χ1v) is 12.1. The van der Waals surface area contributed by atoms with Crippen LogP contribution in [0.15, 0.2) is 11.6 Å². The molecule has 6 nitrogen and oxygen atoms in total. The average molecular weight is 435 g/mol. The zero-order valence-corrected chi connectivity index (χ0v) is 18.9. The third-order valence-electron chi connectivity index (χ3n) is 7.27. The van der Waals surface area contributed by atoms with Crippen LogP contribution in [0.5, 0.6) is 0 Å². The van der Waals surface area contributed by atoms with Gasteiger partial charge in [-0.15, -0.1) is 5.11 Å². The predicted molar refractivity (Wildman–Crippen MR) is 129 cm³/mol. The number of alkyl halides is 1. The maximum atomic E-state index is 16.1. The van der Waals surface area contributed by atoms with E-state index in [1.807, 2.05) is 0 Å². The van der Waals surface area contributed by atoms with Crippen LogP contribution in [0.4, 0.5) is 4.39 Å². The van der Waals surface area contributed by atoms with Crippen molar-refractivity contribution in [3.8, 4) is 0 Å². The van der Waals surface area contributed by atoms with Crippen molar-refractivity contribution in [2.75, 3.05) is 26.2 Å². The molecule has 4 aliphatic rings. The highest BCUT2D eigenvalue weighted by Gasteiger charge is 2.49. The Kier molecular flexibility index (Phi) is 8.49.